The lowest BCUT2D eigenvalue weighted by Gasteiger charge is -2.45. The fourth-order valence-corrected chi connectivity index (χ4v) is 4.71. The fourth-order valence-electron chi connectivity index (χ4n) is 4.71. The van der Waals surface area contributed by atoms with Crippen LogP contribution < -0.4 is 9.47 Å². The standard InChI is InChI=1S/C23H32O5/c1-12(2)23(4,5)14-10-13(3)19(24)16(11-14)20-15-8-9-17(26-6)21(27-7)18(15)22(25)28-20/h8-9,12-14,16,20H,10-11H2,1-7H3/t13-,14-,16+,20-/m1/s1. The van der Waals surface area contributed by atoms with Gasteiger partial charge >= 0.3 is 5.97 Å². The Balaban J connectivity index is 2.00. The number of hydrogen-bond donors (Lipinski definition) is 0. The van der Waals surface area contributed by atoms with Gasteiger partial charge in [0.25, 0.3) is 0 Å². The van der Waals surface area contributed by atoms with Crippen LogP contribution in [0.3, 0.4) is 0 Å². The van der Waals surface area contributed by atoms with Crippen LogP contribution in [0, 0.1) is 29.1 Å². The third-order valence-electron chi connectivity index (χ3n) is 7.26. The number of esters is 1. The second kappa shape index (κ2) is 7.41. The topological polar surface area (TPSA) is 61.8 Å². The van der Waals surface area contributed by atoms with E-state index in [2.05, 4.69) is 27.7 Å². The summed E-state index contributed by atoms with van der Waals surface area (Å²) in [5.74, 6) is 1.15. The van der Waals surface area contributed by atoms with Gasteiger partial charge in [0.05, 0.1) is 20.1 Å². The lowest BCUT2D eigenvalue weighted by atomic mass is 9.60. The van der Waals surface area contributed by atoms with Crippen LogP contribution in [0.2, 0.25) is 0 Å². The summed E-state index contributed by atoms with van der Waals surface area (Å²) < 4.78 is 16.5. The monoisotopic (exact) mass is 388 g/mol. The SMILES string of the molecule is COc1ccc2c(c1OC)C(=O)O[C@H]2[C@H]1C[C@H](C(C)(C)C(C)C)C[C@@H](C)C1=O. The molecule has 154 valence electrons. The Kier molecular flexibility index (Phi) is 5.48. The number of ketones is 1. The molecule has 28 heavy (non-hydrogen) atoms. The van der Waals surface area contributed by atoms with Gasteiger partial charge in [0, 0.05) is 11.5 Å². The molecule has 1 aromatic carbocycles. The second-order valence-electron chi connectivity index (χ2n) is 9.15. The molecule has 1 aromatic rings. The average Bonchev–Trinajstić information content (AvgIpc) is 2.99. The number of carbonyl (C=O) groups is 2. The van der Waals surface area contributed by atoms with Crippen LogP contribution in [-0.2, 0) is 9.53 Å². The molecule has 5 nitrogen and oxygen atoms in total. The van der Waals surface area contributed by atoms with E-state index in [0.717, 1.165) is 18.4 Å². The molecule has 1 saturated carbocycles. The minimum absolute atomic E-state index is 0.0373. The first-order valence-electron chi connectivity index (χ1n) is 10.1. The van der Waals surface area contributed by atoms with E-state index in [4.69, 9.17) is 14.2 Å². The third kappa shape index (κ3) is 3.19. The second-order valence-corrected chi connectivity index (χ2v) is 9.15. The first-order valence-corrected chi connectivity index (χ1v) is 10.1. The first-order chi connectivity index (χ1) is 13.1. The zero-order chi connectivity index (χ0) is 20.8. The Morgan fingerprint density at radius 3 is 2.36 bits per heavy atom. The van der Waals surface area contributed by atoms with Gasteiger partial charge in [0.2, 0.25) is 0 Å². The normalized spacial score (nSPS) is 27.6. The van der Waals surface area contributed by atoms with Crippen LogP contribution in [0.1, 0.15) is 69.5 Å². The van der Waals surface area contributed by atoms with Gasteiger partial charge in [-0.15, -0.1) is 0 Å². The van der Waals surface area contributed by atoms with Crippen molar-refractivity contribution < 1.29 is 23.8 Å². The van der Waals surface area contributed by atoms with Gasteiger partial charge in [0.1, 0.15) is 17.5 Å². The number of ether oxygens (including phenoxy) is 3. The van der Waals surface area contributed by atoms with Crippen LogP contribution in [-0.4, -0.2) is 26.0 Å². The Labute approximate surface area is 167 Å². The maximum Gasteiger partial charge on any atom is 0.343 e. The number of Topliss-reactive ketones (excluding diaryl/α,β-unsaturated/α-hetero) is 1. The predicted octanol–water partition coefficient (Wildman–Crippen LogP) is 4.83. The molecule has 0 aromatic heterocycles. The number of cyclic esters (lactones) is 1. The van der Waals surface area contributed by atoms with Crippen LogP contribution in [0.5, 0.6) is 11.5 Å². The van der Waals surface area contributed by atoms with Gasteiger partial charge in [-0.05, 0) is 36.2 Å². The smallest absolute Gasteiger partial charge is 0.343 e. The van der Waals surface area contributed by atoms with E-state index in [1.54, 1.807) is 6.07 Å². The largest absolute Gasteiger partial charge is 0.493 e. The number of benzene rings is 1. The van der Waals surface area contributed by atoms with Crippen LogP contribution in [0.15, 0.2) is 12.1 Å². The fraction of sp³-hybridized carbons (Fsp3) is 0.652. The van der Waals surface area contributed by atoms with Crippen molar-refractivity contribution in [3.8, 4) is 11.5 Å². The molecule has 0 amide bonds. The summed E-state index contributed by atoms with van der Waals surface area (Å²) in [5, 5.41) is 0. The van der Waals surface area contributed by atoms with Crippen molar-refractivity contribution in [1.82, 2.24) is 0 Å². The van der Waals surface area contributed by atoms with E-state index >= 15 is 0 Å². The molecule has 1 aliphatic carbocycles. The summed E-state index contributed by atoms with van der Waals surface area (Å²) in [6, 6.07) is 3.61. The molecule has 5 heteroatoms. The van der Waals surface area contributed by atoms with E-state index < -0.39 is 12.1 Å². The lowest BCUT2D eigenvalue weighted by Crippen LogP contribution is -2.42. The third-order valence-corrected chi connectivity index (χ3v) is 7.26. The van der Waals surface area contributed by atoms with Crippen molar-refractivity contribution in [2.24, 2.45) is 29.1 Å². The molecule has 1 fully saturated rings. The number of methoxy groups -OCH3 is 2. The van der Waals surface area contributed by atoms with E-state index in [-0.39, 0.29) is 23.0 Å². The van der Waals surface area contributed by atoms with Crippen molar-refractivity contribution in [3.63, 3.8) is 0 Å². The van der Waals surface area contributed by atoms with E-state index in [1.165, 1.54) is 14.2 Å². The molecule has 1 aliphatic heterocycles. The quantitative estimate of drug-likeness (QED) is 0.676. The van der Waals surface area contributed by atoms with Crippen molar-refractivity contribution in [2.45, 2.75) is 53.6 Å². The molecular weight excluding hydrogens is 356 g/mol. The van der Waals surface area contributed by atoms with Gasteiger partial charge in [-0.3, -0.25) is 4.79 Å². The average molecular weight is 389 g/mol. The van der Waals surface area contributed by atoms with Crippen LogP contribution >= 0.6 is 0 Å². The summed E-state index contributed by atoms with van der Waals surface area (Å²) >= 11 is 0. The highest BCUT2D eigenvalue weighted by Crippen LogP contribution is 2.52. The molecule has 3 rings (SSSR count). The van der Waals surface area contributed by atoms with Crippen molar-refractivity contribution in [1.29, 1.82) is 0 Å². The first kappa shape index (κ1) is 20.7. The number of hydrogen-bond acceptors (Lipinski definition) is 5. The Bertz CT molecular complexity index is 779. The van der Waals surface area contributed by atoms with Crippen LogP contribution in [0.4, 0.5) is 0 Å². The minimum Gasteiger partial charge on any atom is -0.493 e. The Hall–Kier alpha value is -2.04. The molecule has 0 radical (unpaired) electrons. The summed E-state index contributed by atoms with van der Waals surface area (Å²) in [5.41, 5.74) is 1.23. The molecule has 2 aliphatic rings. The molecule has 4 atom stereocenters. The summed E-state index contributed by atoms with van der Waals surface area (Å²) in [6.45, 7) is 11.0. The molecule has 1 heterocycles. The predicted molar refractivity (Wildman–Crippen MR) is 107 cm³/mol. The highest BCUT2D eigenvalue weighted by Gasteiger charge is 2.49. The Morgan fingerprint density at radius 1 is 1.11 bits per heavy atom. The zero-order valence-corrected chi connectivity index (χ0v) is 18.0. The lowest BCUT2D eigenvalue weighted by molar-refractivity contribution is -0.136. The van der Waals surface area contributed by atoms with Gasteiger partial charge in [-0.2, -0.15) is 0 Å². The van der Waals surface area contributed by atoms with Gasteiger partial charge < -0.3 is 14.2 Å². The zero-order valence-electron chi connectivity index (χ0n) is 18.0. The van der Waals surface area contributed by atoms with Gasteiger partial charge in [0.15, 0.2) is 11.5 Å². The molecule has 0 saturated heterocycles. The molecule has 0 bridgehead atoms. The van der Waals surface area contributed by atoms with Gasteiger partial charge in [-0.1, -0.05) is 40.7 Å². The number of carbonyl (C=O) groups excluding carboxylic acids is 2. The van der Waals surface area contributed by atoms with E-state index in [0.29, 0.717) is 28.9 Å². The van der Waals surface area contributed by atoms with Crippen molar-refractivity contribution in [2.75, 3.05) is 14.2 Å². The summed E-state index contributed by atoms with van der Waals surface area (Å²) in [6.07, 6.45) is 1.07. The molecular formula is C23H32O5. The number of rotatable bonds is 5. The van der Waals surface area contributed by atoms with E-state index in [1.807, 2.05) is 13.0 Å². The summed E-state index contributed by atoms with van der Waals surface area (Å²) in [7, 11) is 3.04. The van der Waals surface area contributed by atoms with Gasteiger partial charge in [-0.25, -0.2) is 4.79 Å². The number of fused-ring (bicyclic) bond motifs is 1. The maximum atomic E-state index is 13.1. The minimum atomic E-state index is -0.553. The van der Waals surface area contributed by atoms with Crippen molar-refractivity contribution >= 4 is 11.8 Å². The van der Waals surface area contributed by atoms with E-state index in [9.17, 15) is 9.59 Å². The van der Waals surface area contributed by atoms with Crippen molar-refractivity contribution in [3.05, 3.63) is 23.3 Å². The summed E-state index contributed by atoms with van der Waals surface area (Å²) in [4.78, 5) is 25.8. The molecule has 0 unspecified atom stereocenters. The highest BCUT2D eigenvalue weighted by atomic mass is 16.6. The highest BCUT2D eigenvalue weighted by molar-refractivity contribution is 5.99. The maximum absolute atomic E-state index is 13.1. The Morgan fingerprint density at radius 2 is 1.79 bits per heavy atom. The molecule has 0 spiro atoms. The van der Waals surface area contributed by atoms with Crippen LogP contribution in [0.25, 0.3) is 0 Å². The molecule has 0 N–H and O–H groups in total.